The molecule has 2 N–H and O–H groups in total. The first kappa shape index (κ1) is 17.7. The van der Waals surface area contributed by atoms with E-state index in [9.17, 15) is 10.1 Å². The van der Waals surface area contributed by atoms with Crippen LogP contribution in [-0.4, -0.2) is 54.3 Å². The Hall–Kier alpha value is -2.16. The zero-order valence-corrected chi connectivity index (χ0v) is 14.6. The Morgan fingerprint density at radius 2 is 2.08 bits per heavy atom. The maximum Gasteiger partial charge on any atom is 0.283 e. The number of benzene rings is 1. The Labute approximate surface area is 150 Å². The van der Waals surface area contributed by atoms with Crippen molar-refractivity contribution < 1.29 is 14.9 Å². The molecule has 1 aliphatic heterocycles. The molecule has 3 rings (SSSR count). The molecule has 0 bridgehead atoms. The number of nitrogens with one attached hydrogen (secondary N) is 1. The Balaban J connectivity index is 1.80. The fourth-order valence-corrected chi connectivity index (χ4v) is 3.85. The predicted octanol–water partition coefficient (Wildman–Crippen LogP) is 0.838. The molecule has 25 heavy (non-hydrogen) atoms. The number of nitro groups is 1. The van der Waals surface area contributed by atoms with Gasteiger partial charge in [-0.2, -0.15) is 0 Å². The highest BCUT2D eigenvalue weighted by Gasteiger charge is 2.22. The topological polar surface area (TPSA) is 83.9 Å². The number of quaternary nitrogens is 1. The molecule has 0 spiro atoms. The molecule has 1 fully saturated rings. The van der Waals surface area contributed by atoms with Gasteiger partial charge < -0.3 is 14.9 Å². The van der Waals surface area contributed by atoms with Gasteiger partial charge in [-0.3, -0.25) is 10.1 Å². The predicted molar refractivity (Wildman–Crippen MR) is 96.3 cm³/mol. The lowest BCUT2D eigenvalue weighted by atomic mass is 10.2. The molecular weight excluding hydrogens is 340 g/mol. The van der Waals surface area contributed by atoms with Crippen molar-refractivity contribution in [1.82, 2.24) is 4.98 Å². The minimum Gasteiger partial charge on any atom is -0.391 e. The van der Waals surface area contributed by atoms with E-state index in [1.54, 1.807) is 12.3 Å². The molecule has 2 heterocycles. The van der Waals surface area contributed by atoms with Crippen LogP contribution >= 0.6 is 11.8 Å². The molecule has 0 atom stereocenters. The van der Waals surface area contributed by atoms with Gasteiger partial charge in [-0.25, -0.2) is 4.98 Å². The smallest absolute Gasteiger partial charge is 0.283 e. The third-order valence-corrected chi connectivity index (χ3v) is 5.29. The average molecular weight is 361 g/mol. The van der Waals surface area contributed by atoms with E-state index in [-0.39, 0.29) is 17.2 Å². The van der Waals surface area contributed by atoms with E-state index in [1.165, 1.54) is 16.7 Å². The second-order valence-electron chi connectivity index (χ2n) is 5.89. The van der Waals surface area contributed by atoms with E-state index in [1.807, 2.05) is 30.3 Å². The summed E-state index contributed by atoms with van der Waals surface area (Å²) in [5.41, 5.74) is 1.09. The fourth-order valence-electron chi connectivity index (χ4n) is 2.94. The maximum absolute atomic E-state index is 11.3. The highest BCUT2D eigenvalue weighted by Crippen LogP contribution is 2.36. The molecular formula is C17H21N4O3S+. The normalized spacial score (nSPS) is 15.3. The molecule has 132 valence electrons. The number of nitrogens with zero attached hydrogens (tertiary/aromatic N) is 3. The highest BCUT2D eigenvalue weighted by atomic mass is 32.2. The van der Waals surface area contributed by atoms with Crippen molar-refractivity contribution in [1.29, 1.82) is 0 Å². The van der Waals surface area contributed by atoms with Crippen LogP contribution in [-0.2, 0) is 0 Å². The number of hydrogen-bond acceptors (Lipinski definition) is 6. The lowest BCUT2D eigenvalue weighted by Gasteiger charge is -2.33. The number of aliphatic hydroxyl groups is 1. The zero-order chi connectivity index (χ0) is 17.6. The van der Waals surface area contributed by atoms with Crippen LogP contribution in [0.3, 0.4) is 0 Å². The fraction of sp³-hybridized carbons (Fsp3) is 0.353. The number of hydrogen-bond donors (Lipinski definition) is 2. The van der Waals surface area contributed by atoms with Gasteiger partial charge in [-0.15, -0.1) is 0 Å². The van der Waals surface area contributed by atoms with Gasteiger partial charge in [0, 0.05) is 18.0 Å². The quantitative estimate of drug-likeness (QED) is 0.586. The Bertz CT molecular complexity index is 721. The Kier molecular flexibility index (Phi) is 5.85. The standard InChI is InChI=1S/C17H20N4O3S/c22-12-11-19-7-9-20(10-8-19)14-4-5-15(21(23)24)16(13-14)25-17-3-1-2-6-18-17/h1-6,13,22H,7-12H2/p+1. The van der Waals surface area contributed by atoms with E-state index in [0.29, 0.717) is 4.90 Å². The largest absolute Gasteiger partial charge is 0.391 e. The molecule has 0 unspecified atom stereocenters. The summed E-state index contributed by atoms with van der Waals surface area (Å²) in [5.74, 6) is 0. The van der Waals surface area contributed by atoms with E-state index in [2.05, 4.69) is 9.88 Å². The van der Waals surface area contributed by atoms with Crippen molar-refractivity contribution in [3.8, 4) is 0 Å². The van der Waals surface area contributed by atoms with Crippen LogP contribution in [0.15, 0.2) is 52.5 Å². The Morgan fingerprint density at radius 3 is 2.72 bits per heavy atom. The summed E-state index contributed by atoms with van der Waals surface area (Å²) in [6, 6.07) is 10.8. The van der Waals surface area contributed by atoms with E-state index >= 15 is 0 Å². The summed E-state index contributed by atoms with van der Waals surface area (Å²) in [6.07, 6.45) is 1.68. The summed E-state index contributed by atoms with van der Waals surface area (Å²) < 4.78 is 0. The summed E-state index contributed by atoms with van der Waals surface area (Å²) >= 11 is 1.31. The van der Waals surface area contributed by atoms with Crippen molar-refractivity contribution in [2.45, 2.75) is 9.92 Å². The second-order valence-corrected chi connectivity index (χ2v) is 6.95. The van der Waals surface area contributed by atoms with Crippen molar-refractivity contribution in [3.63, 3.8) is 0 Å². The van der Waals surface area contributed by atoms with Crippen LogP contribution in [0.2, 0.25) is 0 Å². The number of anilines is 1. The van der Waals surface area contributed by atoms with Crippen LogP contribution < -0.4 is 9.80 Å². The van der Waals surface area contributed by atoms with Gasteiger partial charge in [0.15, 0.2) is 0 Å². The molecule has 1 aliphatic rings. The molecule has 1 aromatic heterocycles. The number of aliphatic hydroxyl groups excluding tert-OH is 1. The third-order valence-electron chi connectivity index (χ3n) is 4.29. The molecule has 0 aliphatic carbocycles. The van der Waals surface area contributed by atoms with Gasteiger partial charge in [0.25, 0.3) is 5.69 Å². The lowest BCUT2D eigenvalue weighted by molar-refractivity contribution is -0.900. The van der Waals surface area contributed by atoms with Gasteiger partial charge in [-0.05, 0) is 24.3 Å². The first-order valence-corrected chi connectivity index (χ1v) is 9.05. The van der Waals surface area contributed by atoms with Crippen LogP contribution in [0.5, 0.6) is 0 Å². The molecule has 0 saturated carbocycles. The SMILES string of the molecule is O=[N+]([O-])c1ccc(N2CC[NH+](CCO)CC2)cc1Sc1ccccn1. The molecule has 8 heteroatoms. The van der Waals surface area contributed by atoms with Crippen LogP contribution in [0.4, 0.5) is 11.4 Å². The van der Waals surface area contributed by atoms with Gasteiger partial charge in [0.2, 0.25) is 0 Å². The number of rotatable bonds is 6. The summed E-state index contributed by atoms with van der Waals surface area (Å²) in [6.45, 7) is 4.65. The third kappa shape index (κ3) is 4.47. The lowest BCUT2D eigenvalue weighted by Crippen LogP contribution is -3.15. The average Bonchev–Trinajstić information content (AvgIpc) is 2.63. The monoisotopic (exact) mass is 361 g/mol. The minimum absolute atomic E-state index is 0.101. The molecule has 0 amide bonds. The summed E-state index contributed by atoms with van der Waals surface area (Å²) in [4.78, 5) is 19.5. The second kappa shape index (κ2) is 8.28. The van der Waals surface area contributed by atoms with Gasteiger partial charge in [-0.1, -0.05) is 17.8 Å². The van der Waals surface area contributed by atoms with Crippen LogP contribution in [0.25, 0.3) is 0 Å². The van der Waals surface area contributed by atoms with Gasteiger partial charge >= 0.3 is 0 Å². The van der Waals surface area contributed by atoms with E-state index in [4.69, 9.17) is 5.11 Å². The maximum atomic E-state index is 11.3. The number of piperazine rings is 1. The molecule has 1 saturated heterocycles. The Morgan fingerprint density at radius 1 is 1.28 bits per heavy atom. The number of nitro benzene ring substituents is 1. The van der Waals surface area contributed by atoms with Crippen molar-refractivity contribution in [2.75, 3.05) is 44.2 Å². The first-order chi connectivity index (χ1) is 12.2. The molecule has 7 nitrogen and oxygen atoms in total. The molecule has 0 radical (unpaired) electrons. The van der Waals surface area contributed by atoms with Crippen molar-refractivity contribution in [2.24, 2.45) is 0 Å². The first-order valence-electron chi connectivity index (χ1n) is 8.24. The molecule has 1 aromatic carbocycles. The van der Waals surface area contributed by atoms with E-state index < -0.39 is 0 Å². The van der Waals surface area contributed by atoms with Crippen LogP contribution in [0.1, 0.15) is 0 Å². The highest BCUT2D eigenvalue weighted by molar-refractivity contribution is 7.99. The molecule has 2 aromatic rings. The van der Waals surface area contributed by atoms with Crippen molar-refractivity contribution in [3.05, 3.63) is 52.7 Å². The van der Waals surface area contributed by atoms with Gasteiger partial charge in [0.05, 0.1) is 42.6 Å². The van der Waals surface area contributed by atoms with Crippen LogP contribution in [0, 0.1) is 10.1 Å². The van der Waals surface area contributed by atoms with Gasteiger partial charge in [0.1, 0.15) is 11.6 Å². The number of pyridine rings is 1. The number of aromatic nitrogens is 1. The minimum atomic E-state index is -0.349. The van der Waals surface area contributed by atoms with Crippen molar-refractivity contribution >= 4 is 23.1 Å². The van der Waals surface area contributed by atoms with E-state index in [0.717, 1.165) is 43.4 Å². The zero-order valence-electron chi connectivity index (χ0n) is 13.8. The summed E-state index contributed by atoms with van der Waals surface area (Å²) in [5, 5.41) is 21.1. The summed E-state index contributed by atoms with van der Waals surface area (Å²) in [7, 11) is 0.